The highest BCUT2D eigenvalue weighted by molar-refractivity contribution is 5.98. The van der Waals surface area contributed by atoms with Crippen molar-refractivity contribution in [3.63, 3.8) is 0 Å². The number of amides is 1. The van der Waals surface area contributed by atoms with Gasteiger partial charge in [0.2, 0.25) is 0 Å². The minimum atomic E-state index is -0.627. The Morgan fingerprint density at radius 2 is 2.26 bits per heavy atom. The Bertz CT molecular complexity index is 534. The second kappa shape index (κ2) is 6.50. The molecule has 1 rings (SSSR count). The van der Waals surface area contributed by atoms with Crippen LogP contribution in [0.15, 0.2) is 18.2 Å². The van der Waals surface area contributed by atoms with Crippen molar-refractivity contribution in [2.24, 2.45) is 0 Å². The fraction of sp³-hybridized carbons (Fsp3) is 0.385. The number of rotatable bonds is 5. The highest BCUT2D eigenvalue weighted by Crippen LogP contribution is 2.19. The fourth-order valence-electron chi connectivity index (χ4n) is 1.68. The highest BCUT2D eigenvalue weighted by atomic mass is 16.6. The number of hydrogen-bond donors (Lipinski definition) is 1. The molecule has 0 saturated heterocycles. The molecule has 0 aliphatic carbocycles. The van der Waals surface area contributed by atoms with E-state index in [0.29, 0.717) is 6.42 Å². The van der Waals surface area contributed by atoms with E-state index < -0.39 is 16.9 Å². The van der Waals surface area contributed by atoms with Crippen molar-refractivity contribution in [3.8, 4) is 6.07 Å². The first-order valence-electron chi connectivity index (χ1n) is 5.95. The van der Waals surface area contributed by atoms with Crippen molar-refractivity contribution in [2.45, 2.75) is 32.7 Å². The molecule has 1 aromatic rings. The molecule has 0 spiro atoms. The number of hydrogen-bond acceptors (Lipinski definition) is 4. The van der Waals surface area contributed by atoms with E-state index in [9.17, 15) is 14.9 Å². The summed E-state index contributed by atoms with van der Waals surface area (Å²) in [6, 6.07) is 5.66. The van der Waals surface area contributed by atoms with Gasteiger partial charge in [0.15, 0.2) is 0 Å². The molecule has 1 aromatic carbocycles. The molecule has 0 aliphatic rings. The van der Waals surface area contributed by atoms with E-state index in [1.165, 1.54) is 12.1 Å². The van der Waals surface area contributed by atoms with Crippen molar-refractivity contribution >= 4 is 11.6 Å². The Morgan fingerprint density at radius 1 is 1.58 bits per heavy atom. The number of carbonyl (C=O) groups excluding carboxylic acids is 1. The number of nitrogens with one attached hydrogen (secondary N) is 1. The lowest BCUT2D eigenvalue weighted by Crippen LogP contribution is -2.34. The van der Waals surface area contributed by atoms with Crippen LogP contribution in [-0.2, 0) is 0 Å². The van der Waals surface area contributed by atoms with Gasteiger partial charge in [-0.3, -0.25) is 14.9 Å². The second-order valence-electron chi connectivity index (χ2n) is 4.22. The van der Waals surface area contributed by atoms with Crippen LogP contribution < -0.4 is 5.32 Å². The van der Waals surface area contributed by atoms with Crippen molar-refractivity contribution < 1.29 is 9.72 Å². The molecular formula is C13H15N3O3. The smallest absolute Gasteiger partial charge is 0.282 e. The van der Waals surface area contributed by atoms with Gasteiger partial charge in [0, 0.05) is 6.07 Å². The number of carbonyl (C=O) groups is 1. The Balaban J connectivity index is 3.02. The molecule has 1 N–H and O–H groups in total. The average molecular weight is 261 g/mol. The third kappa shape index (κ3) is 3.78. The van der Waals surface area contributed by atoms with Crippen LogP contribution in [0.2, 0.25) is 0 Å². The molecule has 0 saturated carbocycles. The summed E-state index contributed by atoms with van der Waals surface area (Å²) >= 11 is 0. The van der Waals surface area contributed by atoms with E-state index >= 15 is 0 Å². The van der Waals surface area contributed by atoms with Gasteiger partial charge in [-0.05, 0) is 25.0 Å². The number of nitriles is 1. The van der Waals surface area contributed by atoms with Gasteiger partial charge in [-0.25, -0.2) is 0 Å². The number of nitro groups is 1. The maximum Gasteiger partial charge on any atom is 0.282 e. The molecule has 0 aromatic heterocycles. The minimum Gasteiger partial charge on any atom is -0.336 e. The molecule has 0 fully saturated rings. The first kappa shape index (κ1) is 14.6. The fourth-order valence-corrected chi connectivity index (χ4v) is 1.68. The summed E-state index contributed by atoms with van der Waals surface area (Å²) in [6.07, 6.45) is 1.26. The standard InChI is InChI=1S/C13H15N3O3/c1-3-4-10(8-14)15-13(17)11-7-9(2)5-6-12(11)16(18)19/h5-7,10H,3-4H2,1-2H3,(H,15,17). The van der Waals surface area contributed by atoms with E-state index in [0.717, 1.165) is 12.0 Å². The summed E-state index contributed by atoms with van der Waals surface area (Å²) in [6.45, 7) is 3.64. The monoisotopic (exact) mass is 261 g/mol. The van der Waals surface area contributed by atoms with E-state index in [2.05, 4.69) is 5.32 Å². The van der Waals surface area contributed by atoms with Crippen LogP contribution in [-0.4, -0.2) is 16.9 Å². The van der Waals surface area contributed by atoms with Gasteiger partial charge < -0.3 is 5.32 Å². The SMILES string of the molecule is CCCC(C#N)NC(=O)c1cc(C)ccc1[N+](=O)[O-]. The van der Waals surface area contributed by atoms with Crippen LogP contribution in [0.3, 0.4) is 0 Å². The van der Waals surface area contributed by atoms with Gasteiger partial charge in [-0.2, -0.15) is 5.26 Å². The van der Waals surface area contributed by atoms with Crippen LogP contribution in [0.25, 0.3) is 0 Å². The topological polar surface area (TPSA) is 96.0 Å². The molecular weight excluding hydrogens is 246 g/mol. The first-order valence-corrected chi connectivity index (χ1v) is 5.95. The molecule has 100 valence electrons. The van der Waals surface area contributed by atoms with Crippen molar-refractivity contribution in [1.82, 2.24) is 5.32 Å². The molecule has 0 bridgehead atoms. The third-order valence-electron chi connectivity index (χ3n) is 2.63. The Labute approximate surface area is 111 Å². The van der Waals surface area contributed by atoms with E-state index in [-0.39, 0.29) is 11.3 Å². The molecule has 19 heavy (non-hydrogen) atoms. The number of aryl methyl sites for hydroxylation is 1. The van der Waals surface area contributed by atoms with Crippen LogP contribution >= 0.6 is 0 Å². The summed E-state index contributed by atoms with van der Waals surface area (Å²) in [7, 11) is 0. The minimum absolute atomic E-state index is 0.0126. The van der Waals surface area contributed by atoms with E-state index in [4.69, 9.17) is 5.26 Å². The lowest BCUT2D eigenvalue weighted by molar-refractivity contribution is -0.385. The molecule has 0 heterocycles. The highest BCUT2D eigenvalue weighted by Gasteiger charge is 2.21. The lowest BCUT2D eigenvalue weighted by Gasteiger charge is -2.10. The van der Waals surface area contributed by atoms with Crippen LogP contribution in [0, 0.1) is 28.4 Å². The summed E-state index contributed by atoms with van der Waals surface area (Å²) in [5.41, 5.74) is 0.484. The normalized spacial score (nSPS) is 11.4. The van der Waals surface area contributed by atoms with E-state index in [1.807, 2.05) is 13.0 Å². The zero-order chi connectivity index (χ0) is 14.4. The maximum atomic E-state index is 12.0. The Kier molecular flexibility index (Phi) is 5.01. The summed E-state index contributed by atoms with van der Waals surface area (Å²) in [5, 5.41) is 22.3. The zero-order valence-electron chi connectivity index (χ0n) is 10.8. The van der Waals surface area contributed by atoms with Gasteiger partial charge in [-0.1, -0.05) is 19.4 Å². The maximum absolute atomic E-state index is 12.0. The Hall–Kier alpha value is -2.42. The van der Waals surface area contributed by atoms with Crippen molar-refractivity contribution in [1.29, 1.82) is 5.26 Å². The van der Waals surface area contributed by atoms with Gasteiger partial charge in [0.25, 0.3) is 11.6 Å². The molecule has 1 amide bonds. The molecule has 6 nitrogen and oxygen atoms in total. The zero-order valence-corrected chi connectivity index (χ0v) is 10.8. The van der Waals surface area contributed by atoms with Gasteiger partial charge >= 0.3 is 0 Å². The Morgan fingerprint density at radius 3 is 2.79 bits per heavy atom. The van der Waals surface area contributed by atoms with Crippen LogP contribution in [0.4, 0.5) is 5.69 Å². The predicted octanol–water partition coefficient (Wildman–Crippen LogP) is 2.33. The number of nitro benzene ring substituents is 1. The van der Waals surface area contributed by atoms with Crippen molar-refractivity contribution in [2.75, 3.05) is 0 Å². The lowest BCUT2D eigenvalue weighted by atomic mass is 10.1. The third-order valence-corrected chi connectivity index (χ3v) is 2.63. The second-order valence-corrected chi connectivity index (χ2v) is 4.22. The summed E-state index contributed by atoms with van der Waals surface area (Å²) < 4.78 is 0. The van der Waals surface area contributed by atoms with E-state index in [1.54, 1.807) is 13.0 Å². The first-order chi connectivity index (χ1) is 8.99. The molecule has 0 radical (unpaired) electrons. The quantitative estimate of drug-likeness (QED) is 0.649. The number of nitrogens with zero attached hydrogens (tertiary/aromatic N) is 2. The van der Waals surface area contributed by atoms with Gasteiger partial charge in [0.1, 0.15) is 11.6 Å². The molecule has 1 unspecified atom stereocenters. The average Bonchev–Trinajstić information content (AvgIpc) is 2.37. The van der Waals surface area contributed by atoms with Crippen molar-refractivity contribution in [3.05, 3.63) is 39.4 Å². The number of benzene rings is 1. The molecule has 1 atom stereocenters. The van der Waals surface area contributed by atoms with Crippen LogP contribution in [0.1, 0.15) is 35.7 Å². The predicted molar refractivity (Wildman–Crippen MR) is 69.6 cm³/mol. The van der Waals surface area contributed by atoms with Gasteiger partial charge in [0.05, 0.1) is 11.0 Å². The summed E-state index contributed by atoms with van der Waals surface area (Å²) in [4.78, 5) is 22.3. The largest absolute Gasteiger partial charge is 0.336 e. The van der Waals surface area contributed by atoms with Gasteiger partial charge in [-0.15, -0.1) is 0 Å². The molecule has 6 heteroatoms. The molecule has 0 aliphatic heterocycles. The van der Waals surface area contributed by atoms with Crippen LogP contribution in [0.5, 0.6) is 0 Å². The summed E-state index contributed by atoms with van der Waals surface area (Å²) in [5.74, 6) is -0.588.